The van der Waals surface area contributed by atoms with Crippen LogP contribution in [-0.2, 0) is 6.54 Å². The first kappa shape index (κ1) is 23.8. The summed E-state index contributed by atoms with van der Waals surface area (Å²) in [5.41, 5.74) is 1.95. The van der Waals surface area contributed by atoms with Crippen LogP contribution >= 0.6 is 0 Å². The Balaban J connectivity index is 1.52. The van der Waals surface area contributed by atoms with Gasteiger partial charge in [0.05, 0.1) is 24.4 Å². The average Bonchev–Trinajstić information content (AvgIpc) is 3.38. The summed E-state index contributed by atoms with van der Waals surface area (Å²) in [6, 6.07) is 17.0. The summed E-state index contributed by atoms with van der Waals surface area (Å²) in [6.45, 7) is 4.36. The Morgan fingerprint density at radius 3 is 2.36 bits per heavy atom. The van der Waals surface area contributed by atoms with Crippen LogP contribution in [0.5, 0.6) is 5.75 Å². The molecule has 0 unspecified atom stereocenters. The van der Waals surface area contributed by atoms with Gasteiger partial charge in [-0.15, -0.1) is 0 Å². The first-order chi connectivity index (χ1) is 17.4. The van der Waals surface area contributed by atoms with E-state index in [2.05, 4.69) is 9.80 Å². The topological polar surface area (TPSA) is 61.9 Å². The van der Waals surface area contributed by atoms with Crippen LogP contribution in [0.4, 0.5) is 14.5 Å². The van der Waals surface area contributed by atoms with Crippen LogP contribution in [0.1, 0.15) is 28.6 Å². The van der Waals surface area contributed by atoms with E-state index in [1.165, 1.54) is 24.3 Å². The van der Waals surface area contributed by atoms with Crippen molar-refractivity contribution >= 4 is 5.69 Å². The third-order valence-electron chi connectivity index (χ3n) is 6.73. The summed E-state index contributed by atoms with van der Waals surface area (Å²) in [4.78, 5) is 18.0. The molecule has 0 radical (unpaired) electrons. The Hall–Kier alpha value is -3.91. The summed E-state index contributed by atoms with van der Waals surface area (Å²) < 4.78 is 34.7. The molecule has 1 N–H and O–H groups in total. The Morgan fingerprint density at radius 2 is 1.69 bits per heavy atom. The van der Waals surface area contributed by atoms with Crippen molar-refractivity contribution in [3.63, 3.8) is 0 Å². The van der Waals surface area contributed by atoms with Gasteiger partial charge in [0.2, 0.25) is 0 Å². The molecule has 186 valence electrons. The largest absolute Gasteiger partial charge is 0.507 e. The van der Waals surface area contributed by atoms with Crippen molar-refractivity contribution in [3.05, 3.63) is 118 Å². The molecule has 0 bridgehead atoms. The van der Waals surface area contributed by atoms with Crippen molar-refractivity contribution in [2.45, 2.75) is 19.5 Å². The molecule has 1 saturated heterocycles. The van der Waals surface area contributed by atoms with E-state index >= 15 is 0 Å². The third-order valence-corrected chi connectivity index (χ3v) is 6.73. The maximum absolute atomic E-state index is 14.3. The SMILES string of the molecule is Cc1cc(O)c([C@@H](c2cccc(F)c2)N2CCN(c3ccc(F)cc3)CC2)c(=O)n1Cc1ccco1. The highest BCUT2D eigenvalue weighted by Crippen LogP contribution is 2.34. The second-order valence-electron chi connectivity index (χ2n) is 9.01. The molecule has 3 heterocycles. The van der Waals surface area contributed by atoms with Crippen LogP contribution in [0.2, 0.25) is 0 Å². The standard InChI is InChI=1S/C28H27F2N3O3/c1-19-16-25(34)26(28(35)33(19)18-24-6-3-15-36-24)27(20-4-2-5-22(30)17-20)32-13-11-31(12-14-32)23-9-7-21(29)8-10-23/h2-10,15-17,27,34H,11-14,18H2,1H3/t27-/m1/s1. The highest BCUT2D eigenvalue weighted by molar-refractivity contribution is 5.47. The second-order valence-corrected chi connectivity index (χ2v) is 9.01. The molecule has 0 amide bonds. The zero-order valence-electron chi connectivity index (χ0n) is 19.9. The molecule has 0 aliphatic carbocycles. The first-order valence-corrected chi connectivity index (χ1v) is 11.9. The smallest absolute Gasteiger partial charge is 0.260 e. The molecule has 1 atom stereocenters. The van der Waals surface area contributed by atoms with E-state index in [9.17, 15) is 18.7 Å². The number of hydrogen-bond acceptors (Lipinski definition) is 5. The van der Waals surface area contributed by atoms with Crippen LogP contribution in [0.15, 0.2) is 82.2 Å². The number of aromatic hydroxyl groups is 1. The van der Waals surface area contributed by atoms with Gasteiger partial charge >= 0.3 is 0 Å². The number of nitrogens with zero attached hydrogens (tertiary/aromatic N) is 3. The summed E-state index contributed by atoms with van der Waals surface area (Å²) in [7, 11) is 0. The van der Waals surface area contributed by atoms with Gasteiger partial charge in [0.25, 0.3) is 5.56 Å². The number of benzene rings is 2. The number of furan rings is 1. The third kappa shape index (κ3) is 4.77. The van der Waals surface area contributed by atoms with Gasteiger partial charge in [-0.05, 0) is 67.1 Å². The van der Waals surface area contributed by atoms with E-state index in [1.54, 1.807) is 60.2 Å². The summed E-state index contributed by atoms with van der Waals surface area (Å²) in [5.74, 6) is -0.204. The van der Waals surface area contributed by atoms with E-state index in [4.69, 9.17) is 4.42 Å². The van der Waals surface area contributed by atoms with Gasteiger partial charge in [-0.2, -0.15) is 0 Å². The molecule has 0 spiro atoms. The van der Waals surface area contributed by atoms with Gasteiger partial charge in [0, 0.05) is 37.6 Å². The van der Waals surface area contributed by atoms with Crippen molar-refractivity contribution in [1.82, 2.24) is 9.47 Å². The fourth-order valence-corrected chi connectivity index (χ4v) is 4.91. The number of piperazine rings is 1. The van der Waals surface area contributed by atoms with Crippen LogP contribution in [-0.4, -0.2) is 40.8 Å². The number of aryl methyl sites for hydroxylation is 1. The zero-order valence-corrected chi connectivity index (χ0v) is 19.9. The summed E-state index contributed by atoms with van der Waals surface area (Å²) in [5, 5.41) is 11.0. The minimum Gasteiger partial charge on any atom is -0.507 e. The number of aromatic nitrogens is 1. The predicted molar refractivity (Wildman–Crippen MR) is 133 cm³/mol. The number of rotatable bonds is 6. The Bertz CT molecular complexity index is 1390. The lowest BCUT2D eigenvalue weighted by molar-refractivity contribution is 0.207. The molecular formula is C28H27F2N3O3. The lowest BCUT2D eigenvalue weighted by Gasteiger charge is -2.40. The number of pyridine rings is 1. The van der Waals surface area contributed by atoms with E-state index in [0.717, 1.165) is 5.69 Å². The van der Waals surface area contributed by atoms with Crippen LogP contribution in [0.3, 0.4) is 0 Å². The normalized spacial score (nSPS) is 15.2. The molecule has 2 aromatic carbocycles. The fraction of sp³-hybridized carbons (Fsp3) is 0.250. The van der Waals surface area contributed by atoms with E-state index in [0.29, 0.717) is 43.2 Å². The molecule has 1 aliphatic heterocycles. The van der Waals surface area contributed by atoms with Crippen molar-refractivity contribution in [2.75, 3.05) is 31.1 Å². The molecule has 0 saturated carbocycles. The van der Waals surface area contributed by atoms with Crippen LogP contribution < -0.4 is 10.5 Å². The number of halogens is 2. The van der Waals surface area contributed by atoms with Crippen molar-refractivity contribution in [3.8, 4) is 5.75 Å². The Morgan fingerprint density at radius 1 is 0.944 bits per heavy atom. The van der Waals surface area contributed by atoms with E-state index in [-0.39, 0.29) is 29.2 Å². The van der Waals surface area contributed by atoms with Crippen LogP contribution in [0.25, 0.3) is 0 Å². The monoisotopic (exact) mass is 491 g/mol. The van der Waals surface area contributed by atoms with Crippen molar-refractivity contribution < 1.29 is 18.3 Å². The number of hydrogen-bond donors (Lipinski definition) is 1. The summed E-state index contributed by atoms with van der Waals surface area (Å²) in [6.07, 6.45) is 1.55. The minimum absolute atomic E-state index is 0.122. The molecular weight excluding hydrogens is 464 g/mol. The fourth-order valence-electron chi connectivity index (χ4n) is 4.91. The Kier molecular flexibility index (Phi) is 6.61. The number of anilines is 1. The van der Waals surface area contributed by atoms with Gasteiger partial charge in [-0.3, -0.25) is 9.69 Å². The highest BCUT2D eigenvalue weighted by Gasteiger charge is 2.32. The lowest BCUT2D eigenvalue weighted by Crippen LogP contribution is -2.49. The first-order valence-electron chi connectivity index (χ1n) is 11.9. The van der Waals surface area contributed by atoms with Gasteiger partial charge < -0.3 is 19.0 Å². The van der Waals surface area contributed by atoms with Gasteiger partial charge in [-0.1, -0.05) is 12.1 Å². The van der Waals surface area contributed by atoms with Gasteiger partial charge in [-0.25, -0.2) is 8.78 Å². The quantitative estimate of drug-likeness (QED) is 0.424. The van der Waals surface area contributed by atoms with E-state index in [1.807, 2.05) is 0 Å². The average molecular weight is 492 g/mol. The maximum Gasteiger partial charge on any atom is 0.260 e. The molecule has 4 aromatic rings. The molecule has 1 aliphatic rings. The lowest BCUT2D eigenvalue weighted by atomic mass is 9.95. The van der Waals surface area contributed by atoms with Crippen molar-refractivity contribution in [2.24, 2.45) is 0 Å². The van der Waals surface area contributed by atoms with Gasteiger partial charge in [0.15, 0.2) is 0 Å². The zero-order chi connectivity index (χ0) is 25.2. The summed E-state index contributed by atoms with van der Waals surface area (Å²) >= 11 is 0. The predicted octanol–water partition coefficient (Wildman–Crippen LogP) is 4.69. The minimum atomic E-state index is -0.646. The molecule has 1 fully saturated rings. The molecule has 2 aromatic heterocycles. The molecule has 36 heavy (non-hydrogen) atoms. The Labute approximate surface area is 207 Å². The second kappa shape index (κ2) is 9.99. The molecule has 5 rings (SSSR count). The van der Waals surface area contributed by atoms with Gasteiger partial charge in [0.1, 0.15) is 23.1 Å². The van der Waals surface area contributed by atoms with Crippen molar-refractivity contribution in [1.29, 1.82) is 0 Å². The van der Waals surface area contributed by atoms with Crippen LogP contribution in [0, 0.1) is 18.6 Å². The molecule has 8 heteroatoms. The van der Waals surface area contributed by atoms with E-state index < -0.39 is 11.9 Å². The maximum atomic E-state index is 14.3. The highest BCUT2D eigenvalue weighted by atomic mass is 19.1. The molecule has 6 nitrogen and oxygen atoms in total.